The first-order chi connectivity index (χ1) is 7.33. The van der Waals surface area contributed by atoms with Gasteiger partial charge in [-0.1, -0.05) is 0 Å². The van der Waals surface area contributed by atoms with Crippen LogP contribution < -0.4 is 4.33 Å². The molecule has 0 fully saturated rings. The van der Waals surface area contributed by atoms with Crippen molar-refractivity contribution in [3.8, 4) is 0 Å². The molecular formula is C7H5ClN3S2Se2. The van der Waals surface area contributed by atoms with Crippen molar-refractivity contribution in [3.63, 3.8) is 0 Å². The Hall–Kier alpha value is 0.779. The molecule has 0 amide bonds. The number of amidine groups is 1. The summed E-state index contributed by atoms with van der Waals surface area (Å²) >= 11 is 6.89. The zero-order chi connectivity index (χ0) is 10.4. The van der Waals surface area contributed by atoms with Crippen molar-refractivity contribution in [3.05, 3.63) is 20.7 Å². The van der Waals surface area contributed by atoms with E-state index in [0.29, 0.717) is 0 Å². The van der Waals surface area contributed by atoms with Gasteiger partial charge in [-0.25, -0.2) is 0 Å². The molecule has 0 aromatic rings. The van der Waals surface area contributed by atoms with E-state index in [9.17, 15) is 0 Å². The summed E-state index contributed by atoms with van der Waals surface area (Å²) in [5.74, 6) is 2.10. The van der Waals surface area contributed by atoms with Crippen LogP contribution in [-0.2, 0) is 0 Å². The molecule has 0 unspecified atom stereocenters. The van der Waals surface area contributed by atoms with Crippen LogP contribution >= 0.6 is 32.0 Å². The molecule has 0 atom stereocenters. The molecule has 3 heterocycles. The molecular weight excluding hydrogens is 384 g/mol. The van der Waals surface area contributed by atoms with Crippen molar-refractivity contribution in [2.75, 3.05) is 6.54 Å². The molecule has 0 spiro atoms. The summed E-state index contributed by atoms with van der Waals surface area (Å²) in [5.41, 5.74) is 0. The van der Waals surface area contributed by atoms with Gasteiger partial charge in [0.05, 0.1) is 0 Å². The Morgan fingerprint density at radius 2 is 2.13 bits per heavy atom. The number of hydrogen-bond donors (Lipinski definition) is 0. The van der Waals surface area contributed by atoms with E-state index in [4.69, 9.17) is 11.6 Å². The Morgan fingerprint density at radius 1 is 1.33 bits per heavy atom. The fourth-order valence-electron chi connectivity index (χ4n) is 1.46. The van der Waals surface area contributed by atoms with Gasteiger partial charge in [-0.3, -0.25) is 0 Å². The molecule has 0 aromatic heterocycles. The van der Waals surface area contributed by atoms with Crippen LogP contribution in [0.5, 0.6) is 0 Å². The topological polar surface area (TPSA) is 29.7 Å². The third-order valence-electron chi connectivity index (χ3n) is 2.12. The monoisotopic (exact) mass is 390 g/mol. The Labute approximate surface area is 112 Å². The summed E-state index contributed by atoms with van der Waals surface area (Å²) < 4.78 is 9.10. The maximum absolute atomic E-state index is 6.37. The predicted octanol–water partition coefficient (Wildman–Crippen LogP) is 1.51. The summed E-state index contributed by atoms with van der Waals surface area (Å²) in [6.07, 6.45) is 0. The van der Waals surface area contributed by atoms with Crippen molar-refractivity contribution < 1.29 is 0 Å². The van der Waals surface area contributed by atoms with E-state index in [1.165, 1.54) is 0 Å². The van der Waals surface area contributed by atoms with E-state index in [-0.39, 0.29) is 28.1 Å². The van der Waals surface area contributed by atoms with Gasteiger partial charge in [-0.15, -0.1) is 0 Å². The van der Waals surface area contributed by atoms with Gasteiger partial charge in [-0.05, 0) is 0 Å². The van der Waals surface area contributed by atoms with Gasteiger partial charge in [0.25, 0.3) is 0 Å². The Balaban J connectivity index is 2.14. The van der Waals surface area contributed by atoms with E-state index in [1.54, 1.807) is 20.4 Å². The van der Waals surface area contributed by atoms with E-state index in [2.05, 4.69) is 20.2 Å². The van der Waals surface area contributed by atoms with Gasteiger partial charge in [0.2, 0.25) is 0 Å². The average molecular weight is 389 g/mol. The van der Waals surface area contributed by atoms with Crippen LogP contribution in [0, 0.1) is 0 Å². The molecule has 15 heavy (non-hydrogen) atoms. The summed E-state index contributed by atoms with van der Waals surface area (Å²) in [7, 11) is 3.57. The standard InChI is InChI=1S/C7H5ClN3S2Se2/c1-2-11-6-4(12-14-9-6)3(8)5-7(11)10-15-13-5/h2H2,1H3. The van der Waals surface area contributed by atoms with E-state index < -0.39 is 0 Å². The van der Waals surface area contributed by atoms with Gasteiger partial charge < -0.3 is 0 Å². The van der Waals surface area contributed by atoms with Crippen LogP contribution in [0.25, 0.3) is 0 Å². The van der Waals surface area contributed by atoms with Crippen LogP contribution in [0.1, 0.15) is 6.92 Å². The number of hydrogen-bond acceptors (Lipinski definition) is 4. The molecule has 3 aliphatic heterocycles. The molecule has 0 aromatic carbocycles. The van der Waals surface area contributed by atoms with E-state index in [0.717, 1.165) is 33.0 Å². The van der Waals surface area contributed by atoms with Crippen LogP contribution in [0.3, 0.4) is 0 Å². The number of halogens is 1. The molecule has 3 aliphatic rings. The third-order valence-corrected chi connectivity index (χ3v) is 8.83. The molecule has 8 heteroatoms. The van der Waals surface area contributed by atoms with Crippen LogP contribution in [-0.4, -0.2) is 45.4 Å². The molecule has 3 rings (SSSR count). The van der Waals surface area contributed by atoms with Crippen molar-refractivity contribution >= 4 is 65.9 Å². The Kier molecular flexibility index (Phi) is 3.07. The van der Waals surface area contributed by atoms with Gasteiger partial charge in [0.15, 0.2) is 0 Å². The second kappa shape index (κ2) is 4.22. The van der Waals surface area contributed by atoms with Crippen LogP contribution in [0.2, 0.25) is 0 Å². The molecule has 0 N–H and O–H groups in total. The summed E-state index contributed by atoms with van der Waals surface area (Å²) in [6, 6.07) is 0. The average Bonchev–Trinajstić information content (AvgIpc) is 2.85. The number of rotatable bonds is 1. The molecule has 3 nitrogen and oxygen atoms in total. The number of fused-ring (bicyclic) bond motifs is 1. The summed E-state index contributed by atoms with van der Waals surface area (Å²) in [5, 5.41) is 0.881. The normalized spacial score (nSPS) is 24.1. The summed E-state index contributed by atoms with van der Waals surface area (Å²) in [6.45, 7) is 3.05. The molecule has 79 valence electrons. The fourth-order valence-corrected chi connectivity index (χ4v) is 9.06. The zero-order valence-corrected chi connectivity index (χ0v) is 13.4. The SMILES string of the molecule is CCN1C2=N[Se]SC2=C(Cl)C2=C1[N][Se]S2. The van der Waals surface area contributed by atoms with Gasteiger partial charge in [0.1, 0.15) is 0 Å². The third kappa shape index (κ3) is 1.60. The minimum absolute atomic E-state index is 0.258. The first kappa shape index (κ1) is 10.9. The van der Waals surface area contributed by atoms with Crippen molar-refractivity contribution in [2.24, 2.45) is 4.01 Å². The van der Waals surface area contributed by atoms with E-state index in [1.807, 2.05) is 0 Å². The fraction of sp³-hybridized carbons (Fsp3) is 0.286. The van der Waals surface area contributed by atoms with Gasteiger partial charge >= 0.3 is 113 Å². The van der Waals surface area contributed by atoms with Crippen molar-refractivity contribution in [1.82, 2.24) is 9.23 Å². The Bertz CT molecular complexity index is 420. The van der Waals surface area contributed by atoms with Crippen molar-refractivity contribution in [1.29, 1.82) is 0 Å². The second-order valence-electron chi connectivity index (χ2n) is 2.86. The summed E-state index contributed by atoms with van der Waals surface area (Å²) in [4.78, 5) is 4.52. The molecule has 0 bridgehead atoms. The minimum atomic E-state index is 0.258. The van der Waals surface area contributed by atoms with Crippen LogP contribution in [0.15, 0.2) is 24.7 Å². The van der Waals surface area contributed by atoms with E-state index >= 15 is 0 Å². The Morgan fingerprint density at radius 3 is 2.93 bits per heavy atom. The molecule has 0 saturated heterocycles. The quantitative estimate of drug-likeness (QED) is 0.638. The first-order valence-electron chi connectivity index (χ1n) is 4.21. The second-order valence-corrected chi connectivity index (χ2v) is 9.43. The zero-order valence-electron chi connectivity index (χ0n) is 7.56. The van der Waals surface area contributed by atoms with Crippen LogP contribution in [0.4, 0.5) is 0 Å². The first-order valence-corrected chi connectivity index (χ1v) is 11.8. The number of nitrogens with zero attached hydrogens (tertiary/aromatic N) is 3. The predicted molar refractivity (Wildman–Crippen MR) is 68.5 cm³/mol. The molecule has 1 radical (unpaired) electrons. The number of likely N-dealkylation sites (N-methyl/N-ethyl adjacent to an activating group) is 1. The molecule has 0 saturated carbocycles. The van der Waals surface area contributed by atoms with Gasteiger partial charge in [-0.2, -0.15) is 0 Å². The molecule has 0 aliphatic carbocycles. The van der Waals surface area contributed by atoms with Gasteiger partial charge in [0, 0.05) is 0 Å². The maximum atomic E-state index is 6.37. The van der Waals surface area contributed by atoms with Crippen molar-refractivity contribution in [2.45, 2.75) is 6.92 Å². The number of allylic oxidation sites excluding steroid dienone is 1.